The van der Waals surface area contributed by atoms with Crippen LogP contribution in [0, 0.1) is 12.7 Å². The van der Waals surface area contributed by atoms with E-state index >= 15 is 0 Å². The molecule has 21 heavy (non-hydrogen) atoms. The van der Waals surface area contributed by atoms with E-state index in [1.54, 1.807) is 18.2 Å². The van der Waals surface area contributed by atoms with Crippen molar-refractivity contribution in [2.75, 3.05) is 12.3 Å². The molecule has 0 radical (unpaired) electrons. The Hall–Kier alpha value is -1.92. The molecule has 6 heteroatoms. The number of aryl methyl sites for hydroxylation is 1. The van der Waals surface area contributed by atoms with Crippen molar-refractivity contribution in [2.45, 2.75) is 18.2 Å². The Kier molecular flexibility index (Phi) is 4.59. The third-order valence-electron chi connectivity index (χ3n) is 3.18. The zero-order chi connectivity index (χ0) is 15.5. The van der Waals surface area contributed by atoms with Crippen LogP contribution in [0.25, 0.3) is 0 Å². The van der Waals surface area contributed by atoms with Crippen molar-refractivity contribution in [3.63, 3.8) is 0 Å². The summed E-state index contributed by atoms with van der Waals surface area (Å²) in [6, 6.07) is 10.6. The number of hydrogen-bond acceptors (Lipinski definition) is 3. The van der Waals surface area contributed by atoms with Gasteiger partial charge in [0.2, 0.25) is 10.0 Å². The van der Waals surface area contributed by atoms with Gasteiger partial charge >= 0.3 is 0 Å². The molecule has 0 heterocycles. The minimum absolute atomic E-state index is 0.143. The first-order valence-corrected chi connectivity index (χ1v) is 7.97. The van der Waals surface area contributed by atoms with Gasteiger partial charge in [-0.15, -0.1) is 0 Å². The van der Waals surface area contributed by atoms with E-state index in [1.165, 1.54) is 24.3 Å². The normalized spacial score (nSPS) is 11.5. The lowest BCUT2D eigenvalue weighted by Gasteiger charge is -2.08. The fraction of sp³-hybridized carbons (Fsp3) is 0.200. The molecule has 3 N–H and O–H groups in total. The fourth-order valence-electron chi connectivity index (χ4n) is 1.85. The molecule has 0 spiro atoms. The predicted octanol–water partition coefficient (Wildman–Crippen LogP) is 2.24. The molecule has 0 aliphatic rings. The van der Waals surface area contributed by atoms with E-state index in [0.717, 1.165) is 11.1 Å². The van der Waals surface area contributed by atoms with Crippen LogP contribution in [0.1, 0.15) is 11.1 Å². The lowest BCUT2D eigenvalue weighted by atomic mass is 10.1. The molecule has 2 aromatic carbocycles. The van der Waals surface area contributed by atoms with Crippen LogP contribution in [0.3, 0.4) is 0 Å². The van der Waals surface area contributed by atoms with Gasteiger partial charge in [-0.05, 0) is 48.7 Å². The third kappa shape index (κ3) is 4.03. The van der Waals surface area contributed by atoms with E-state index in [4.69, 9.17) is 5.73 Å². The molecule has 0 bridgehead atoms. The maximum absolute atomic E-state index is 12.8. The van der Waals surface area contributed by atoms with Crippen molar-refractivity contribution in [1.82, 2.24) is 4.72 Å². The predicted molar refractivity (Wildman–Crippen MR) is 80.9 cm³/mol. The Labute approximate surface area is 123 Å². The summed E-state index contributed by atoms with van der Waals surface area (Å²) in [6.45, 7) is 2.05. The highest BCUT2D eigenvalue weighted by molar-refractivity contribution is 7.89. The molecule has 112 valence electrons. The number of sulfonamides is 1. The first kappa shape index (κ1) is 15.5. The van der Waals surface area contributed by atoms with Gasteiger partial charge in [0.05, 0.1) is 4.90 Å². The summed E-state index contributed by atoms with van der Waals surface area (Å²) >= 11 is 0. The lowest BCUT2D eigenvalue weighted by molar-refractivity contribution is 0.581. The Morgan fingerprint density at radius 1 is 1.14 bits per heavy atom. The van der Waals surface area contributed by atoms with E-state index in [1.807, 2.05) is 6.92 Å². The summed E-state index contributed by atoms with van der Waals surface area (Å²) in [5.74, 6) is -0.311. The molecule has 0 amide bonds. The minimum atomic E-state index is -3.58. The van der Waals surface area contributed by atoms with Crippen LogP contribution in [0.15, 0.2) is 47.4 Å². The number of nitrogens with one attached hydrogen (secondary N) is 1. The van der Waals surface area contributed by atoms with Crippen molar-refractivity contribution in [2.24, 2.45) is 0 Å². The van der Waals surface area contributed by atoms with Gasteiger partial charge in [0, 0.05) is 12.2 Å². The van der Waals surface area contributed by atoms with Gasteiger partial charge in [-0.25, -0.2) is 17.5 Å². The summed E-state index contributed by atoms with van der Waals surface area (Å²) in [4.78, 5) is 0.143. The van der Waals surface area contributed by atoms with E-state index in [0.29, 0.717) is 12.1 Å². The van der Waals surface area contributed by atoms with Gasteiger partial charge in [-0.3, -0.25) is 0 Å². The van der Waals surface area contributed by atoms with E-state index in [-0.39, 0.29) is 17.3 Å². The molecular weight excluding hydrogens is 291 g/mol. The molecule has 0 aliphatic heterocycles. The second-order valence-electron chi connectivity index (χ2n) is 4.79. The molecule has 2 aromatic rings. The largest absolute Gasteiger partial charge is 0.398 e. The highest BCUT2D eigenvalue weighted by atomic mass is 32.2. The highest BCUT2D eigenvalue weighted by Gasteiger charge is 2.14. The van der Waals surface area contributed by atoms with Crippen LogP contribution < -0.4 is 10.5 Å². The number of hydrogen-bond donors (Lipinski definition) is 2. The molecular formula is C15H17FN2O2S. The van der Waals surface area contributed by atoms with Crippen molar-refractivity contribution in [3.05, 3.63) is 59.4 Å². The standard InChI is InChI=1S/C15H17FN2O2S/c1-11-2-7-14(10-15(11)17)21(19,20)18-9-8-12-3-5-13(16)6-4-12/h2-7,10,18H,8-9,17H2,1H3. The van der Waals surface area contributed by atoms with E-state index < -0.39 is 10.0 Å². The van der Waals surface area contributed by atoms with Crippen LogP contribution in [0.2, 0.25) is 0 Å². The van der Waals surface area contributed by atoms with Gasteiger partial charge in [0.15, 0.2) is 0 Å². The summed E-state index contributed by atoms with van der Waals surface area (Å²) in [5, 5.41) is 0. The van der Waals surface area contributed by atoms with Gasteiger partial charge < -0.3 is 5.73 Å². The first-order chi connectivity index (χ1) is 9.88. The second-order valence-corrected chi connectivity index (χ2v) is 6.56. The average Bonchev–Trinajstić information content (AvgIpc) is 2.44. The number of halogens is 1. The molecule has 0 saturated heterocycles. The van der Waals surface area contributed by atoms with Gasteiger partial charge in [0.25, 0.3) is 0 Å². The molecule has 2 rings (SSSR count). The Balaban J connectivity index is 2.01. The Bertz CT molecular complexity index is 728. The monoisotopic (exact) mass is 308 g/mol. The smallest absolute Gasteiger partial charge is 0.240 e. The van der Waals surface area contributed by atoms with Crippen molar-refractivity contribution < 1.29 is 12.8 Å². The van der Waals surface area contributed by atoms with Crippen LogP contribution in [-0.4, -0.2) is 15.0 Å². The summed E-state index contributed by atoms with van der Waals surface area (Å²) in [7, 11) is -3.58. The number of rotatable bonds is 5. The van der Waals surface area contributed by atoms with Crippen LogP contribution in [0.4, 0.5) is 10.1 Å². The van der Waals surface area contributed by atoms with E-state index in [2.05, 4.69) is 4.72 Å². The molecule has 0 unspecified atom stereocenters. The van der Waals surface area contributed by atoms with Crippen molar-refractivity contribution in [1.29, 1.82) is 0 Å². The average molecular weight is 308 g/mol. The molecule has 0 fully saturated rings. The molecule has 4 nitrogen and oxygen atoms in total. The molecule has 0 aliphatic carbocycles. The fourth-order valence-corrected chi connectivity index (χ4v) is 2.92. The maximum atomic E-state index is 12.8. The zero-order valence-corrected chi connectivity index (χ0v) is 12.5. The minimum Gasteiger partial charge on any atom is -0.398 e. The summed E-state index contributed by atoms with van der Waals surface area (Å²) in [5.41, 5.74) is 7.86. The number of anilines is 1. The maximum Gasteiger partial charge on any atom is 0.240 e. The van der Waals surface area contributed by atoms with Crippen molar-refractivity contribution in [3.8, 4) is 0 Å². The lowest BCUT2D eigenvalue weighted by Crippen LogP contribution is -2.26. The third-order valence-corrected chi connectivity index (χ3v) is 4.64. The highest BCUT2D eigenvalue weighted by Crippen LogP contribution is 2.17. The Morgan fingerprint density at radius 3 is 2.43 bits per heavy atom. The number of benzene rings is 2. The molecule has 0 saturated carbocycles. The van der Waals surface area contributed by atoms with Crippen molar-refractivity contribution >= 4 is 15.7 Å². The van der Waals surface area contributed by atoms with Gasteiger partial charge in [-0.1, -0.05) is 18.2 Å². The van der Waals surface area contributed by atoms with E-state index in [9.17, 15) is 12.8 Å². The molecule has 0 aromatic heterocycles. The topological polar surface area (TPSA) is 72.2 Å². The quantitative estimate of drug-likeness (QED) is 0.832. The second kappa shape index (κ2) is 6.24. The number of nitrogens with two attached hydrogens (primary N) is 1. The summed E-state index contributed by atoms with van der Waals surface area (Å²) in [6.07, 6.45) is 0.487. The Morgan fingerprint density at radius 2 is 1.81 bits per heavy atom. The van der Waals surface area contributed by atoms with Crippen LogP contribution in [0.5, 0.6) is 0 Å². The van der Waals surface area contributed by atoms with Crippen LogP contribution >= 0.6 is 0 Å². The zero-order valence-electron chi connectivity index (χ0n) is 11.6. The van der Waals surface area contributed by atoms with Gasteiger partial charge in [-0.2, -0.15) is 0 Å². The van der Waals surface area contributed by atoms with Gasteiger partial charge in [0.1, 0.15) is 5.82 Å². The summed E-state index contributed by atoms with van der Waals surface area (Å²) < 4.78 is 39.5. The SMILES string of the molecule is Cc1ccc(S(=O)(=O)NCCc2ccc(F)cc2)cc1N. The number of nitrogen functional groups attached to an aromatic ring is 1. The first-order valence-electron chi connectivity index (χ1n) is 6.49. The molecule has 0 atom stereocenters. The van der Waals surface area contributed by atoms with Crippen LogP contribution in [-0.2, 0) is 16.4 Å².